The zero-order chi connectivity index (χ0) is 16.0. The van der Waals surface area contributed by atoms with E-state index in [0.717, 1.165) is 6.54 Å². The number of aliphatic hydroxyl groups is 3. The number of thioether (sulfide) groups is 2. The van der Waals surface area contributed by atoms with E-state index in [9.17, 15) is 19.8 Å². The Labute approximate surface area is 124 Å². The monoisotopic (exact) mass is 329 g/mol. The molecule has 0 spiro atoms. The van der Waals surface area contributed by atoms with Gasteiger partial charge in [-0.2, -0.15) is 0 Å². The normalized spacial score (nSPS) is 29.5. The molecule has 0 aromatic rings. The van der Waals surface area contributed by atoms with Crippen molar-refractivity contribution in [2.45, 2.75) is 9.87 Å². The molecule has 2 atom stereocenters. The van der Waals surface area contributed by atoms with Gasteiger partial charge in [0.25, 0.3) is 0 Å². The summed E-state index contributed by atoms with van der Waals surface area (Å²) in [6.07, 6.45) is 0. The van der Waals surface area contributed by atoms with Crippen LogP contribution in [0.1, 0.15) is 0 Å². The Bertz CT molecular complexity index is 314. The van der Waals surface area contributed by atoms with Crippen LogP contribution in [0.2, 0.25) is 0 Å². The summed E-state index contributed by atoms with van der Waals surface area (Å²) < 4.78 is 0. The van der Waals surface area contributed by atoms with Crippen LogP contribution in [0.4, 0.5) is 0 Å². The van der Waals surface area contributed by atoms with Crippen molar-refractivity contribution in [3.05, 3.63) is 0 Å². The first-order valence-electron chi connectivity index (χ1n) is 5.52. The predicted octanol–water partition coefficient (Wildman–Crippen LogP) is -1.45. The quantitative estimate of drug-likeness (QED) is 0.416. The van der Waals surface area contributed by atoms with Crippen molar-refractivity contribution in [1.82, 2.24) is 4.90 Å². The van der Waals surface area contributed by atoms with E-state index in [-0.39, 0.29) is 18.1 Å². The average molecular weight is 329 g/mol. The van der Waals surface area contributed by atoms with Crippen LogP contribution >= 0.6 is 23.5 Å². The molecule has 10 heteroatoms. The molecule has 5 N–H and O–H groups in total. The molecule has 1 aliphatic heterocycles. The number of carbonyl (C=O) groups is 2. The van der Waals surface area contributed by atoms with Gasteiger partial charge in [0.1, 0.15) is 0 Å². The van der Waals surface area contributed by atoms with Gasteiger partial charge in [0.2, 0.25) is 9.87 Å². The second-order valence-electron chi connectivity index (χ2n) is 4.28. The van der Waals surface area contributed by atoms with Gasteiger partial charge in [-0.25, -0.2) is 9.59 Å². The van der Waals surface area contributed by atoms with E-state index in [1.165, 1.54) is 0 Å². The second kappa shape index (κ2) is 8.05. The summed E-state index contributed by atoms with van der Waals surface area (Å²) in [6, 6.07) is 0. The number of nitrogens with zero attached hydrogens (tertiary/aromatic N) is 1. The van der Waals surface area contributed by atoms with Crippen LogP contribution in [-0.2, 0) is 9.59 Å². The minimum atomic E-state index is -2.01. The highest BCUT2D eigenvalue weighted by atomic mass is 32.2. The Morgan fingerprint density at radius 3 is 1.50 bits per heavy atom. The van der Waals surface area contributed by atoms with Crippen molar-refractivity contribution in [2.75, 3.05) is 38.8 Å². The van der Waals surface area contributed by atoms with Gasteiger partial charge in [0, 0.05) is 18.1 Å². The lowest BCUT2D eigenvalue weighted by atomic mass is 10.4. The SMILES string of the molecule is CN(C)CCO.O=C(O)C1(O)CSC(O)(C(=O)O)CS1. The summed E-state index contributed by atoms with van der Waals surface area (Å²) in [4.78, 5) is 19.0. The van der Waals surface area contributed by atoms with Crippen molar-refractivity contribution in [3.8, 4) is 0 Å². The predicted molar refractivity (Wildman–Crippen MR) is 75.7 cm³/mol. The number of aliphatic hydroxyl groups excluding tert-OH is 1. The Morgan fingerprint density at radius 2 is 1.40 bits per heavy atom. The van der Waals surface area contributed by atoms with E-state index < -0.39 is 21.8 Å². The van der Waals surface area contributed by atoms with Crippen LogP contribution in [0.25, 0.3) is 0 Å². The molecule has 1 saturated heterocycles. The van der Waals surface area contributed by atoms with Crippen molar-refractivity contribution < 1.29 is 35.1 Å². The maximum absolute atomic E-state index is 10.5. The number of aliphatic carboxylic acids is 2. The zero-order valence-corrected chi connectivity index (χ0v) is 12.8. The van der Waals surface area contributed by atoms with Crippen molar-refractivity contribution in [3.63, 3.8) is 0 Å². The molecule has 0 aromatic carbocycles. The molecule has 0 aromatic heterocycles. The first-order valence-corrected chi connectivity index (χ1v) is 7.49. The lowest BCUT2D eigenvalue weighted by molar-refractivity contribution is -0.150. The molecule has 0 saturated carbocycles. The number of carboxylic acids is 2. The van der Waals surface area contributed by atoms with E-state index in [0.29, 0.717) is 23.5 Å². The van der Waals surface area contributed by atoms with Gasteiger partial charge in [0.05, 0.1) is 6.61 Å². The van der Waals surface area contributed by atoms with Gasteiger partial charge in [-0.3, -0.25) is 0 Å². The summed E-state index contributed by atoms with van der Waals surface area (Å²) in [5.41, 5.74) is 0. The molecule has 0 bridgehead atoms. The molecule has 118 valence electrons. The Balaban J connectivity index is 0.000000511. The zero-order valence-electron chi connectivity index (χ0n) is 11.1. The fraction of sp³-hybridized carbons (Fsp3) is 0.800. The number of carboxylic acid groups (broad SMARTS) is 2. The van der Waals surface area contributed by atoms with Crippen LogP contribution in [0.3, 0.4) is 0 Å². The number of hydrogen-bond donors (Lipinski definition) is 5. The lowest BCUT2D eigenvalue weighted by Crippen LogP contribution is -2.50. The van der Waals surface area contributed by atoms with E-state index in [1.54, 1.807) is 0 Å². The molecule has 1 fully saturated rings. The summed E-state index contributed by atoms with van der Waals surface area (Å²) in [5, 5.41) is 44.2. The molecule has 0 radical (unpaired) electrons. The third-order valence-electron chi connectivity index (χ3n) is 2.23. The maximum Gasteiger partial charge on any atom is 0.347 e. The van der Waals surface area contributed by atoms with Crippen LogP contribution in [0.15, 0.2) is 0 Å². The summed E-state index contributed by atoms with van der Waals surface area (Å²) in [7, 11) is 3.85. The Hall–Kier alpha value is -0.520. The molecule has 1 heterocycles. The fourth-order valence-corrected chi connectivity index (χ4v) is 3.35. The highest BCUT2D eigenvalue weighted by Gasteiger charge is 2.50. The molecule has 1 rings (SSSR count). The molecule has 20 heavy (non-hydrogen) atoms. The third kappa shape index (κ3) is 5.85. The molecule has 0 aliphatic carbocycles. The first kappa shape index (κ1) is 19.5. The highest BCUT2D eigenvalue weighted by molar-refractivity contribution is 8.08. The second-order valence-corrected chi connectivity index (χ2v) is 6.79. The molecule has 2 unspecified atom stereocenters. The van der Waals surface area contributed by atoms with Gasteiger partial charge in [-0.05, 0) is 14.1 Å². The highest BCUT2D eigenvalue weighted by Crippen LogP contribution is 2.42. The van der Waals surface area contributed by atoms with Gasteiger partial charge in [0.15, 0.2) is 0 Å². The molecule has 1 aliphatic rings. The Kier molecular flexibility index (Phi) is 7.84. The smallest absolute Gasteiger partial charge is 0.347 e. The molecular formula is C10H19NO7S2. The van der Waals surface area contributed by atoms with Gasteiger partial charge in [-0.15, -0.1) is 23.5 Å². The standard InChI is InChI=1S/C6H8O6S2.C4H11NO/c7-3(8)5(11)1-13-6(12,2-14-5)4(9)10;1-5(2)3-4-6/h11-12H,1-2H2,(H,7,8)(H,9,10);6H,3-4H2,1-2H3. The van der Waals surface area contributed by atoms with E-state index in [2.05, 4.69) is 0 Å². The van der Waals surface area contributed by atoms with Crippen LogP contribution in [-0.4, -0.2) is 91.0 Å². The summed E-state index contributed by atoms with van der Waals surface area (Å²) >= 11 is 1.03. The Morgan fingerprint density at radius 1 is 1.05 bits per heavy atom. The van der Waals surface area contributed by atoms with Crippen molar-refractivity contribution in [2.24, 2.45) is 0 Å². The average Bonchev–Trinajstić information content (AvgIpc) is 2.33. The third-order valence-corrected chi connectivity index (χ3v) is 5.31. The number of likely N-dealkylation sites (N-methyl/N-ethyl adjacent to an activating group) is 1. The molecule has 8 nitrogen and oxygen atoms in total. The number of hydrogen-bond acceptors (Lipinski definition) is 8. The summed E-state index contributed by atoms with van der Waals surface area (Å²) in [6.45, 7) is 1.02. The van der Waals surface area contributed by atoms with Crippen molar-refractivity contribution >= 4 is 35.5 Å². The molecular weight excluding hydrogens is 310 g/mol. The minimum Gasteiger partial charge on any atom is -0.478 e. The van der Waals surface area contributed by atoms with Crippen molar-refractivity contribution in [1.29, 1.82) is 0 Å². The van der Waals surface area contributed by atoms with Crippen LogP contribution in [0.5, 0.6) is 0 Å². The largest absolute Gasteiger partial charge is 0.478 e. The maximum atomic E-state index is 10.5. The topological polar surface area (TPSA) is 139 Å². The molecule has 0 amide bonds. The van der Waals surface area contributed by atoms with Gasteiger partial charge >= 0.3 is 11.9 Å². The van der Waals surface area contributed by atoms with E-state index >= 15 is 0 Å². The van der Waals surface area contributed by atoms with Gasteiger partial charge in [-0.1, -0.05) is 0 Å². The number of rotatable bonds is 4. The lowest BCUT2D eigenvalue weighted by Gasteiger charge is -2.34. The van der Waals surface area contributed by atoms with Crippen LogP contribution < -0.4 is 0 Å². The fourth-order valence-electron chi connectivity index (χ4n) is 0.965. The van der Waals surface area contributed by atoms with Crippen LogP contribution in [0, 0.1) is 0 Å². The first-order chi connectivity index (χ1) is 9.07. The minimum absolute atomic E-state index is 0.257. The summed E-state index contributed by atoms with van der Waals surface area (Å²) in [5.74, 6) is -3.59. The van der Waals surface area contributed by atoms with Gasteiger partial charge < -0.3 is 30.4 Å². The van der Waals surface area contributed by atoms with E-state index in [4.69, 9.17) is 15.3 Å². The van der Waals surface area contributed by atoms with E-state index in [1.807, 2.05) is 19.0 Å².